The Balaban J connectivity index is 2.62. The van der Waals surface area contributed by atoms with Crippen LogP contribution in [0.15, 0.2) is 0 Å². The number of hydrogen-bond acceptors (Lipinski definition) is 6. The summed E-state index contributed by atoms with van der Waals surface area (Å²) < 4.78 is 8.69. The Morgan fingerprint density at radius 2 is 1.92 bits per heavy atom. The molecule has 6 heteroatoms. The van der Waals surface area contributed by atoms with Crippen molar-refractivity contribution in [2.24, 2.45) is 0 Å². The van der Waals surface area contributed by atoms with Gasteiger partial charge in [-0.1, -0.05) is 0 Å². The zero-order chi connectivity index (χ0) is 9.90. The van der Waals surface area contributed by atoms with E-state index in [-0.39, 0.29) is 19.3 Å². The predicted molar refractivity (Wildman–Crippen MR) is 38.1 cm³/mol. The standard InChI is InChI=1S/C7H10O6/c8-5-2-1-3-7(10,11)6(9)13-4-12-5/h10-11H,1-4H2. The van der Waals surface area contributed by atoms with Crippen LogP contribution < -0.4 is 0 Å². The van der Waals surface area contributed by atoms with E-state index in [1.807, 2.05) is 0 Å². The molecule has 0 radical (unpaired) electrons. The lowest BCUT2D eigenvalue weighted by Gasteiger charge is -2.17. The summed E-state index contributed by atoms with van der Waals surface area (Å²) in [6.07, 6.45) is -0.0264. The largest absolute Gasteiger partial charge is 0.428 e. The van der Waals surface area contributed by atoms with Crippen molar-refractivity contribution in [3.63, 3.8) is 0 Å². The van der Waals surface area contributed by atoms with E-state index in [9.17, 15) is 9.59 Å². The fourth-order valence-electron chi connectivity index (χ4n) is 0.918. The van der Waals surface area contributed by atoms with Gasteiger partial charge in [-0.05, 0) is 6.42 Å². The number of hydrogen-bond donors (Lipinski definition) is 2. The lowest BCUT2D eigenvalue weighted by atomic mass is 10.1. The summed E-state index contributed by atoms with van der Waals surface area (Å²) in [6, 6.07) is 0. The molecule has 2 N–H and O–H groups in total. The van der Waals surface area contributed by atoms with Crippen molar-refractivity contribution >= 4 is 11.9 Å². The van der Waals surface area contributed by atoms with E-state index in [4.69, 9.17) is 10.2 Å². The minimum atomic E-state index is -2.51. The summed E-state index contributed by atoms with van der Waals surface area (Å²) in [5.41, 5.74) is 0. The summed E-state index contributed by atoms with van der Waals surface area (Å²) in [7, 11) is 0. The van der Waals surface area contributed by atoms with Gasteiger partial charge in [0.1, 0.15) is 0 Å². The van der Waals surface area contributed by atoms with Gasteiger partial charge in [-0.2, -0.15) is 0 Å². The first-order valence-electron chi connectivity index (χ1n) is 3.80. The Labute approximate surface area is 74.1 Å². The van der Waals surface area contributed by atoms with Gasteiger partial charge >= 0.3 is 11.9 Å². The highest BCUT2D eigenvalue weighted by Gasteiger charge is 2.35. The van der Waals surface area contributed by atoms with Crippen molar-refractivity contribution in [1.29, 1.82) is 0 Å². The lowest BCUT2D eigenvalue weighted by molar-refractivity contribution is -0.217. The highest BCUT2D eigenvalue weighted by molar-refractivity contribution is 5.77. The van der Waals surface area contributed by atoms with Crippen LogP contribution in [0, 0.1) is 0 Å². The molecule has 0 spiro atoms. The summed E-state index contributed by atoms with van der Waals surface area (Å²) in [5.74, 6) is -4.22. The van der Waals surface area contributed by atoms with Crippen molar-refractivity contribution in [3.05, 3.63) is 0 Å². The summed E-state index contributed by atoms with van der Waals surface area (Å²) in [5, 5.41) is 18.1. The molecule has 1 aliphatic heterocycles. The molecule has 1 rings (SSSR count). The molecule has 0 aliphatic carbocycles. The van der Waals surface area contributed by atoms with Gasteiger partial charge in [-0.15, -0.1) is 0 Å². The minimum Gasteiger partial charge on any atom is -0.428 e. The Kier molecular flexibility index (Phi) is 2.84. The first-order valence-corrected chi connectivity index (χ1v) is 3.80. The number of aliphatic hydroxyl groups is 2. The second-order valence-corrected chi connectivity index (χ2v) is 2.74. The average molecular weight is 190 g/mol. The van der Waals surface area contributed by atoms with Crippen molar-refractivity contribution < 1.29 is 29.3 Å². The maximum atomic E-state index is 10.8. The van der Waals surface area contributed by atoms with Gasteiger partial charge in [0, 0.05) is 12.8 Å². The number of rotatable bonds is 0. The molecule has 0 bridgehead atoms. The molecule has 74 valence electrons. The SMILES string of the molecule is O=C1CCCC(O)(O)C(=O)OCO1. The van der Waals surface area contributed by atoms with Gasteiger partial charge < -0.3 is 19.7 Å². The molecule has 0 unspecified atom stereocenters. The molecule has 1 aliphatic rings. The molecule has 0 saturated carbocycles. The van der Waals surface area contributed by atoms with Crippen LogP contribution in [0.1, 0.15) is 19.3 Å². The second-order valence-electron chi connectivity index (χ2n) is 2.74. The van der Waals surface area contributed by atoms with Crippen molar-refractivity contribution in [1.82, 2.24) is 0 Å². The maximum absolute atomic E-state index is 10.8. The smallest absolute Gasteiger partial charge is 0.369 e. The third-order valence-electron chi connectivity index (χ3n) is 1.64. The maximum Gasteiger partial charge on any atom is 0.369 e. The number of ether oxygens (including phenoxy) is 2. The van der Waals surface area contributed by atoms with E-state index < -0.39 is 24.5 Å². The Hall–Kier alpha value is -1.14. The average Bonchev–Trinajstić information content (AvgIpc) is 2.06. The molecule has 1 heterocycles. The molecule has 6 nitrogen and oxygen atoms in total. The molecule has 0 aromatic rings. The molecular formula is C7H10O6. The third kappa shape index (κ3) is 2.67. The van der Waals surface area contributed by atoms with Crippen LogP contribution in [-0.2, 0) is 19.1 Å². The quantitative estimate of drug-likeness (QED) is 0.372. The molecule has 0 aromatic heterocycles. The lowest BCUT2D eigenvalue weighted by Crippen LogP contribution is -2.39. The summed E-state index contributed by atoms with van der Waals surface area (Å²) in [4.78, 5) is 21.6. The normalized spacial score (nSPS) is 23.5. The number of carbonyl (C=O) groups excluding carboxylic acids is 2. The third-order valence-corrected chi connectivity index (χ3v) is 1.64. The Morgan fingerprint density at radius 1 is 1.23 bits per heavy atom. The van der Waals surface area contributed by atoms with Gasteiger partial charge in [0.2, 0.25) is 6.79 Å². The highest BCUT2D eigenvalue weighted by Crippen LogP contribution is 2.15. The monoisotopic (exact) mass is 190 g/mol. The van der Waals surface area contributed by atoms with Gasteiger partial charge in [-0.25, -0.2) is 4.79 Å². The second kappa shape index (κ2) is 3.71. The van der Waals surface area contributed by atoms with E-state index >= 15 is 0 Å². The van der Waals surface area contributed by atoms with Crippen LogP contribution in [0.4, 0.5) is 0 Å². The molecule has 1 fully saturated rings. The van der Waals surface area contributed by atoms with Crippen molar-refractivity contribution in [2.45, 2.75) is 25.0 Å². The van der Waals surface area contributed by atoms with Crippen LogP contribution in [0.3, 0.4) is 0 Å². The van der Waals surface area contributed by atoms with Gasteiger partial charge in [0.05, 0.1) is 0 Å². The highest BCUT2D eigenvalue weighted by atomic mass is 16.7. The number of cyclic esters (lactones) is 2. The fourth-order valence-corrected chi connectivity index (χ4v) is 0.918. The zero-order valence-electron chi connectivity index (χ0n) is 6.86. The first-order chi connectivity index (χ1) is 6.02. The minimum absolute atomic E-state index is 0.0412. The van der Waals surface area contributed by atoms with E-state index in [0.29, 0.717) is 0 Å². The molecule has 13 heavy (non-hydrogen) atoms. The summed E-state index contributed by atoms with van der Waals surface area (Å²) in [6.45, 7) is -0.569. The van der Waals surface area contributed by atoms with Gasteiger partial charge in [0.25, 0.3) is 5.79 Å². The fraction of sp³-hybridized carbons (Fsp3) is 0.714. The number of esters is 2. The van der Waals surface area contributed by atoms with E-state index in [2.05, 4.69) is 9.47 Å². The van der Waals surface area contributed by atoms with Crippen LogP contribution in [0.25, 0.3) is 0 Å². The van der Waals surface area contributed by atoms with Crippen LogP contribution in [0.5, 0.6) is 0 Å². The van der Waals surface area contributed by atoms with Crippen molar-refractivity contribution in [3.8, 4) is 0 Å². The first kappa shape index (κ1) is 9.94. The van der Waals surface area contributed by atoms with E-state index in [0.717, 1.165) is 0 Å². The van der Waals surface area contributed by atoms with E-state index in [1.165, 1.54) is 0 Å². The topological polar surface area (TPSA) is 93.1 Å². The van der Waals surface area contributed by atoms with Crippen molar-refractivity contribution in [2.75, 3.05) is 6.79 Å². The number of carbonyl (C=O) groups is 2. The predicted octanol–water partition coefficient (Wildman–Crippen LogP) is -1.10. The molecule has 0 atom stereocenters. The Bertz CT molecular complexity index is 221. The molecule has 0 amide bonds. The van der Waals surface area contributed by atoms with Gasteiger partial charge in [0.15, 0.2) is 0 Å². The zero-order valence-corrected chi connectivity index (χ0v) is 6.86. The molecular weight excluding hydrogens is 180 g/mol. The van der Waals surface area contributed by atoms with Crippen LogP contribution in [-0.4, -0.2) is 34.7 Å². The van der Waals surface area contributed by atoms with Gasteiger partial charge in [-0.3, -0.25) is 4.79 Å². The molecule has 0 aromatic carbocycles. The molecule has 1 saturated heterocycles. The van der Waals surface area contributed by atoms with Crippen LogP contribution in [0.2, 0.25) is 0 Å². The Morgan fingerprint density at radius 3 is 2.62 bits per heavy atom. The van der Waals surface area contributed by atoms with Crippen LogP contribution >= 0.6 is 0 Å². The van der Waals surface area contributed by atoms with E-state index in [1.54, 1.807) is 0 Å². The summed E-state index contributed by atoms with van der Waals surface area (Å²) >= 11 is 0.